The number of nitrogens with zero attached hydrogens (tertiary/aromatic N) is 3. The molecule has 0 spiro atoms. The minimum absolute atomic E-state index is 0. The molecule has 1 aliphatic heterocycles. The number of carbonyl (C=O) groups excluding carboxylic acids is 2. The van der Waals surface area contributed by atoms with E-state index in [-0.39, 0.29) is 68.2 Å². The second kappa shape index (κ2) is 12.1. The van der Waals surface area contributed by atoms with Gasteiger partial charge in [0.05, 0.1) is 16.9 Å². The molecular weight excluding hydrogens is 503 g/mol. The molecule has 0 saturated heterocycles. The van der Waals surface area contributed by atoms with Crippen LogP contribution in [0.2, 0.25) is 0 Å². The van der Waals surface area contributed by atoms with E-state index in [2.05, 4.69) is 9.98 Å². The van der Waals surface area contributed by atoms with Crippen LogP contribution in [0.25, 0.3) is 11.8 Å². The molecule has 3 aromatic rings. The normalized spacial score (nSPS) is 15.2. The minimum Gasteiger partial charge on any atom is -0.858 e. The number of anilines is 1. The van der Waals surface area contributed by atoms with Gasteiger partial charge in [0, 0.05) is 5.90 Å². The van der Waals surface area contributed by atoms with Crippen molar-refractivity contribution in [1.82, 2.24) is 9.55 Å². The molecule has 0 atom stereocenters. The minimum atomic E-state index is -0.975. The molecule has 180 valence electrons. The van der Waals surface area contributed by atoms with E-state index in [1.54, 1.807) is 67.6 Å². The third kappa shape index (κ3) is 6.04. The summed E-state index contributed by atoms with van der Waals surface area (Å²) in [6, 6.07) is 15.4. The van der Waals surface area contributed by atoms with Crippen molar-refractivity contribution >= 4 is 29.6 Å². The Morgan fingerprint density at radius 3 is 2.19 bits per heavy atom. The molecule has 0 radical (unpaired) electrons. The molecule has 11 heteroatoms. The maximum Gasteiger partial charge on any atom is 1.00 e. The second-order valence-electron chi connectivity index (χ2n) is 7.67. The average molecular weight is 523 g/mol. The molecule has 0 aliphatic carbocycles. The van der Waals surface area contributed by atoms with Crippen LogP contribution in [0.15, 0.2) is 105 Å². The maximum atomic E-state index is 12.8. The predicted octanol–water partition coefficient (Wildman–Crippen LogP) is -0.953. The zero-order valence-electron chi connectivity index (χ0n) is 19.9. The van der Waals surface area contributed by atoms with E-state index < -0.39 is 35.0 Å². The van der Waals surface area contributed by atoms with Gasteiger partial charge in [0.2, 0.25) is 5.88 Å². The number of urea groups is 1. The largest absolute Gasteiger partial charge is 1.00 e. The van der Waals surface area contributed by atoms with Gasteiger partial charge in [-0.05, 0) is 43.3 Å². The molecule has 0 unspecified atom stereocenters. The number of carbonyl (C=O) groups is 2. The molecule has 1 aromatic heterocycles. The molecule has 2 aromatic carbocycles. The Morgan fingerprint density at radius 1 is 0.973 bits per heavy atom. The Kier molecular flexibility index (Phi) is 9.13. The molecule has 0 saturated carbocycles. The standard InChI is InChI=1S/C26H20N4O6.K/c1-16(12-14-19-21(31)27-25(35)29(23(19)33)17-8-4-2-5-9-17)13-15-20-22(32)28-26(36)30(24(20)34)18-10-6-3-7-11-18;/h2-15,33H,1H3,(H,27,31,35)(H,28,32,36);/q;+1/p-1. The predicted molar refractivity (Wildman–Crippen MR) is 132 cm³/mol. The zero-order valence-corrected chi connectivity index (χ0v) is 23.0. The summed E-state index contributed by atoms with van der Waals surface area (Å²) in [6.07, 6.45) is 5.40. The first-order valence-corrected chi connectivity index (χ1v) is 10.7. The number of aromatic nitrogens is 2. The van der Waals surface area contributed by atoms with E-state index in [1.165, 1.54) is 24.3 Å². The number of aromatic amines is 1. The first-order valence-electron chi connectivity index (χ1n) is 10.7. The van der Waals surface area contributed by atoms with Crippen LogP contribution in [0.5, 0.6) is 5.88 Å². The topological polar surface area (TPSA) is 148 Å². The van der Waals surface area contributed by atoms with E-state index in [4.69, 9.17) is 0 Å². The Morgan fingerprint density at radius 2 is 1.57 bits per heavy atom. The van der Waals surface area contributed by atoms with Crippen LogP contribution in [0.1, 0.15) is 12.5 Å². The number of hydrogen-bond acceptors (Lipinski definition) is 6. The Bertz CT molecular complexity index is 1580. The van der Waals surface area contributed by atoms with Gasteiger partial charge >= 0.3 is 63.1 Å². The number of para-hydroxylation sites is 2. The number of hydrogen-bond donors (Lipinski definition) is 2. The fourth-order valence-corrected chi connectivity index (χ4v) is 3.43. The van der Waals surface area contributed by atoms with Crippen LogP contribution in [-0.4, -0.2) is 32.5 Å². The van der Waals surface area contributed by atoms with Crippen molar-refractivity contribution in [3.05, 3.63) is 116 Å². The van der Waals surface area contributed by atoms with Crippen molar-refractivity contribution in [1.29, 1.82) is 0 Å². The number of aliphatic imine (C=N–C) groups is 1. The van der Waals surface area contributed by atoms with Gasteiger partial charge in [-0.15, -0.1) is 0 Å². The van der Waals surface area contributed by atoms with Gasteiger partial charge in [0.25, 0.3) is 11.5 Å². The number of imide groups is 1. The van der Waals surface area contributed by atoms with Crippen LogP contribution in [0.4, 0.5) is 10.5 Å². The number of amides is 3. The quantitative estimate of drug-likeness (QED) is 0.251. The molecule has 10 nitrogen and oxygen atoms in total. The number of nitrogens with one attached hydrogen (secondary N) is 1. The summed E-state index contributed by atoms with van der Waals surface area (Å²) >= 11 is 0. The van der Waals surface area contributed by atoms with E-state index in [1.807, 2.05) is 0 Å². The van der Waals surface area contributed by atoms with E-state index in [0.717, 1.165) is 9.47 Å². The first-order chi connectivity index (χ1) is 17.3. The third-order valence-corrected chi connectivity index (χ3v) is 5.23. The van der Waals surface area contributed by atoms with Gasteiger partial charge in [-0.2, -0.15) is 0 Å². The van der Waals surface area contributed by atoms with Gasteiger partial charge in [-0.25, -0.2) is 24.0 Å². The molecule has 4 rings (SSSR count). The summed E-state index contributed by atoms with van der Waals surface area (Å²) in [4.78, 5) is 55.9. The van der Waals surface area contributed by atoms with Crippen molar-refractivity contribution in [2.45, 2.75) is 6.92 Å². The van der Waals surface area contributed by atoms with Crippen LogP contribution in [0, 0.1) is 0 Å². The fourth-order valence-electron chi connectivity index (χ4n) is 3.43. The van der Waals surface area contributed by atoms with Gasteiger partial charge in [-0.1, -0.05) is 54.1 Å². The fraction of sp³-hybridized carbons (Fsp3) is 0.0385. The van der Waals surface area contributed by atoms with E-state index in [9.17, 15) is 29.4 Å². The third-order valence-electron chi connectivity index (χ3n) is 5.23. The summed E-state index contributed by atoms with van der Waals surface area (Å²) in [5.74, 6) is -2.33. The molecule has 37 heavy (non-hydrogen) atoms. The molecule has 3 amide bonds. The van der Waals surface area contributed by atoms with Gasteiger partial charge in [0.1, 0.15) is 5.56 Å². The summed E-state index contributed by atoms with van der Waals surface area (Å²) in [5.41, 5.74) is -0.947. The van der Waals surface area contributed by atoms with Crippen molar-refractivity contribution in [3.63, 3.8) is 0 Å². The SMILES string of the molecule is CC(C=Cc1c(O)n(-c2ccccc2)c(=O)[nH]c1=O)=CC=C1C(=O)N(c2ccccc2)C(=O)N=C1[O-].[K+]. The smallest absolute Gasteiger partial charge is 0.858 e. The first kappa shape index (κ1) is 28.0. The molecule has 1 aliphatic rings. The number of allylic oxidation sites excluding steroid dienone is 4. The summed E-state index contributed by atoms with van der Waals surface area (Å²) < 4.78 is 0.956. The monoisotopic (exact) mass is 522 g/mol. The molecule has 0 bridgehead atoms. The number of benzene rings is 2. The van der Waals surface area contributed by atoms with E-state index >= 15 is 0 Å². The van der Waals surface area contributed by atoms with Crippen molar-refractivity contribution in [2.24, 2.45) is 4.99 Å². The van der Waals surface area contributed by atoms with Gasteiger partial charge in [0.15, 0.2) is 0 Å². The Labute approximate surface area is 253 Å². The van der Waals surface area contributed by atoms with Crippen LogP contribution in [0.3, 0.4) is 0 Å². The molecular formula is C26H19KN4O6. The molecule has 2 N–H and O–H groups in total. The Balaban J connectivity index is 0.00000380. The summed E-state index contributed by atoms with van der Waals surface area (Å²) in [7, 11) is 0. The van der Waals surface area contributed by atoms with Crippen molar-refractivity contribution < 1.29 is 71.2 Å². The van der Waals surface area contributed by atoms with Crippen LogP contribution >= 0.6 is 0 Å². The van der Waals surface area contributed by atoms with E-state index in [0.29, 0.717) is 11.3 Å². The number of aromatic hydroxyl groups is 1. The zero-order chi connectivity index (χ0) is 25.8. The number of rotatable bonds is 5. The maximum absolute atomic E-state index is 12.8. The van der Waals surface area contributed by atoms with Crippen LogP contribution < -0.4 is 72.6 Å². The number of H-pyrrole nitrogens is 1. The van der Waals surface area contributed by atoms with Gasteiger partial charge < -0.3 is 10.2 Å². The summed E-state index contributed by atoms with van der Waals surface area (Å²) in [6.45, 7) is 1.63. The van der Waals surface area contributed by atoms with Gasteiger partial charge in [-0.3, -0.25) is 14.6 Å². The van der Waals surface area contributed by atoms with Crippen LogP contribution in [-0.2, 0) is 4.79 Å². The second-order valence-corrected chi connectivity index (χ2v) is 7.67. The summed E-state index contributed by atoms with van der Waals surface area (Å²) in [5, 5.41) is 22.8. The van der Waals surface area contributed by atoms with Crippen molar-refractivity contribution in [3.8, 4) is 11.6 Å². The molecule has 2 heterocycles. The average Bonchev–Trinajstić information content (AvgIpc) is 2.84. The Hall–Kier alpha value is -3.61. The molecule has 0 fully saturated rings. The van der Waals surface area contributed by atoms with Crippen molar-refractivity contribution in [2.75, 3.05) is 4.90 Å².